The molecule has 1 atom stereocenters. The van der Waals surface area contributed by atoms with Crippen molar-refractivity contribution < 1.29 is 0 Å². The van der Waals surface area contributed by atoms with Crippen molar-refractivity contribution in [3.05, 3.63) is 21.4 Å². The highest BCUT2D eigenvalue weighted by Crippen LogP contribution is 2.24. The molecular formula is C13H22N2S. The highest BCUT2D eigenvalue weighted by atomic mass is 32.1. The average Bonchev–Trinajstić information content (AvgIpc) is 2.58. The zero-order valence-electron chi connectivity index (χ0n) is 10.3. The van der Waals surface area contributed by atoms with Gasteiger partial charge < -0.3 is 5.73 Å². The minimum Gasteiger partial charge on any atom is -0.330 e. The summed E-state index contributed by atoms with van der Waals surface area (Å²) in [6, 6.07) is 2.34. The van der Waals surface area contributed by atoms with Gasteiger partial charge in [-0.25, -0.2) is 0 Å². The maximum Gasteiger partial charge on any atom is 0.0244 e. The second kappa shape index (κ2) is 5.30. The Morgan fingerprint density at radius 2 is 2.31 bits per heavy atom. The summed E-state index contributed by atoms with van der Waals surface area (Å²) in [4.78, 5) is 5.47. The normalized spacial score (nSPS) is 22.6. The summed E-state index contributed by atoms with van der Waals surface area (Å²) in [5.74, 6) is 0.716. The molecule has 16 heavy (non-hydrogen) atoms. The number of rotatable bonds is 3. The second-order valence-corrected chi connectivity index (χ2v) is 6.38. The zero-order valence-corrected chi connectivity index (χ0v) is 11.1. The van der Waals surface area contributed by atoms with Crippen LogP contribution in [-0.4, -0.2) is 24.5 Å². The molecule has 3 heteroatoms. The van der Waals surface area contributed by atoms with Crippen molar-refractivity contribution in [1.29, 1.82) is 0 Å². The Morgan fingerprint density at radius 3 is 2.94 bits per heavy atom. The van der Waals surface area contributed by atoms with Gasteiger partial charge in [0.15, 0.2) is 0 Å². The lowest BCUT2D eigenvalue weighted by molar-refractivity contribution is 0.171. The number of likely N-dealkylation sites (tertiary alicyclic amines) is 1. The van der Waals surface area contributed by atoms with E-state index in [1.807, 2.05) is 11.3 Å². The lowest BCUT2D eigenvalue weighted by Crippen LogP contribution is -2.37. The molecule has 2 N–H and O–H groups in total. The minimum atomic E-state index is 0.716. The number of nitrogens with two attached hydrogens (primary N) is 1. The standard InChI is InChI=1S/C13H22N2S/c1-10-6-13(11(2)16-10)9-15-5-3-4-12(7-14)8-15/h6,12H,3-5,7-9,14H2,1-2H3. The first kappa shape index (κ1) is 12.1. The molecule has 0 spiro atoms. The molecule has 0 aliphatic carbocycles. The molecular weight excluding hydrogens is 216 g/mol. The summed E-state index contributed by atoms with van der Waals surface area (Å²) in [5.41, 5.74) is 7.28. The summed E-state index contributed by atoms with van der Waals surface area (Å²) in [6.45, 7) is 8.82. The second-order valence-electron chi connectivity index (χ2n) is 4.92. The van der Waals surface area contributed by atoms with Crippen LogP contribution in [0.2, 0.25) is 0 Å². The van der Waals surface area contributed by atoms with E-state index in [0.717, 1.165) is 13.1 Å². The van der Waals surface area contributed by atoms with Gasteiger partial charge >= 0.3 is 0 Å². The largest absolute Gasteiger partial charge is 0.330 e. The van der Waals surface area contributed by atoms with Crippen molar-refractivity contribution in [2.24, 2.45) is 11.7 Å². The fourth-order valence-electron chi connectivity index (χ4n) is 2.57. The van der Waals surface area contributed by atoms with Crippen molar-refractivity contribution >= 4 is 11.3 Å². The number of aryl methyl sites for hydroxylation is 2. The first-order chi connectivity index (χ1) is 7.69. The predicted molar refractivity (Wildman–Crippen MR) is 70.8 cm³/mol. The van der Waals surface area contributed by atoms with E-state index < -0.39 is 0 Å². The van der Waals surface area contributed by atoms with Gasteiger partial charge in [-0.15, -0.1) is 11.3 Å². The molecule has 0 saturated carbocycles. The highest BCUT2D eigenvalue weighted by Gasteiger charge is 2.19. The van der Waals surface area contributed by atoms with E-state index >= 15 is 0 Å². The van der Waals surface area contributed by atoms with Gasteiger partial charge in [-0.1, -0.05) is 0 Å². The van der Waals surface area contributed by atoms with Crippen LogP contribution >= 0.6 is 11.3 Å². The molecule has 0 aromatic carbocycles. The quantitative estimate of drug-likeness (QED) is 0.877. The van der Waals surface area contributed by atoms with Crippen molar-refractivity contribution in [3.63, 3.8) is 0 Å². The summed E-state index contributed by atoms with van der Waals surface area (Å²) in [7, 11) is 0. The molecule has 0 radical (unpaired) electrons. The molecule has 1 aromatic heterocycles. The monoisotopic (exact) mass is 238 g/mol. The van der Waals surface area contributed by atoms with E-state index in [1.165, 1.54) is 41.2 Å². The molecule has 0 amide bonds. The third-order valence-electron chi connectivity index (χ3n) is 3.47. The average molecular weight is 238 g/mol. The van der Waals surface area contributed by atoms with Gasteiger partial charge in [0, 0.05) is 22.8 Å². The van der Waals surface area contributed by atoms with Crippen LogP contribution in [0, 0.1) is 19.8 Å². The van der Waals surface area contributed by atoms with Gasteiger partial charge in [-0.05, 0) is 57.3 Å². The summed E-state index contributed by atoms with van der Waals surface area (Å²) in [6.07, 6.45) is 2.62. The van der Waals surface area contributed by atoms with Crippen LogP contribution < -0.4 is 5.73 Å². The summed E-state index contributed by atoms with van der Waals surface area (Å²) < 4.78 is 0. The first-order valence-corrected chi connectivity index (χ1v) is 6.99. The van der Waals surface area contributed by atoms with Crippen LogP contribution in [-0.2, 0) is 6.54 Å². The van der Waals surface area contributed by atoms with Crippen LogP contribution in [0.5, 0.6) is 0 Å². The minimum absolute atomic E-state index is 0.716. The van der Waals surface area contributed by atoms with Gasteiger partial charge in [0.1, 0.15) is 0 Å². The molecule has 1 aliphatic rings. The van der Waals surface area contributed by atoms with Crippen molar-refractivity contribution in [2.45, 2.75) is 33.2 Å². The van der Waals surface area contributed by atoms with Crippen LogP contribution in [0.15, 0.2) is 6.07 Å². The molecule has 90 valence electrons. The molecule has 1 aromatic rings. The zero-order chi connectivity index (χ0) is 11.5. The molecule has 0 bridgehead atoms. The Labute approximate surface area is 102 Å². The molecule has 2 rings (SSSR count). The van der Waals surface area contributed by atoms with Crippen LogP contribution in [0.3, 0.4) is 0 Å². The maximum atomic E-state index is 5.77. The molecule has 2 nitrogen and oxygen atoms in total. The smallest absolute Gasteiger partial charge is 0.0244 e. The van der Waals surface area contributed by atoms with E-state index in [0.29, 0.717) is 5.92 Å². The van der Waals surface area contributed by atoms with Crippen molar-refractivity contribution in [2.75, 3.05) is 19.6 Å². The number of hydrogen-bond acceptors (Lipinski definition) is 3. The predicted octanol–water partition coefficient (Wildman–Crippen LogP) is 2.54. The van der Waals surface area contributed by atoms with E-state index in [9.17, 15) is 0 Å². The Bertz CT molecular complexity index is 346. The Balaban J connectivity index is 1.96. The van der Waals surface area contributed by atoms with Crippen LogP contribution in [0.4, 0.5) is 0 Å². The molecule has 1 unspecified atom stereocenters. The van der Waals surface area contributed by atoms with E-state index in [2.05, 4.69) is 24.8 Å². The van der Waals surface area contributed by atoms with Crippen molar-refractivity contribution in [1.82, 2.24) is 4.90 Å². The number of nitrogens with zero attached hydrogens (tertiary/aromatic N) is 1. The van der Waals surface area contributed by atoms with E-state index in [-0.39, 0.29) is 0 Å². The first-order valence-electron chi connectivity index (χ1n) is 6.17. The van der Waals surface area contributed by atoms with Gasteiger partial charge in [0.25, 0.3) is 0 Å². The molecule has 1 fully saturated rings. The van der Waals surface area contributed by atoms with E-state index in [4.69, 9.17) is 5.73 Å². The third kappa shape index (κ3) is 2.84. The number of piperidine rings is 1. The lowest BCUT2D eigenvalue weighted by atomic mass is 9.98. The van der Waals surface area contributed by atoms with Gasteiger partial charge in [-0.2, -0.15) is 0 Å². The Morgan fingerprint density at radius 1 is 1.50 bits per heavy atom. The fourth-order valence-corrected chi connectivity index (χ4v) is 3.51. The van der Waals surface area contributed by atoms with Gasteiger partial charge in [0.05, 0.1) is 0 Å². The third-order valence-corrected chi connectivity index (χ3v) is 4.48. The molecule has 2 heterocycles. The van der Waals surface area contributed by atoms with Gasteiger partial charge in [-0.3, -0.25) is 4.90 Å². The topological polar surface area (TPSA) is 29.3 Å². The summed E-state index contributed by atoms with van der Waals surface area (Å²) >= 11 is 1.91. The van der Waals surface area contributed by atoms with E-state index in [1.54, 1.807) is 0 Å². The Hall–Kier alpha value is -0.380. The number of thiophene rings is 1. The lowest BCUT2D eigenvalue weighted by Gasteiger charge is -2.32. The maximum absolute atomic E-state index is 5.77. The molecule has 1 saturated heterocycles. The molecule has 1 aliphatic heterocycles. The van der Waals surface area contributed by atoms with Crippen LogP contribution in [0.25, 0.3) is 0 Å². The SMILES string of the molecule is Cc1cc(CN2CCCC(CN)C2)c(C)s1. The number of hydrogen-bond donors (Lipinski definition) is 1. The van der Waals surface area contributed by atoms with Gasteiger partial charge in [0.2, 0.25) is 0 Å². The Kier molecular flexibility index (Phi) is 4.00. The summed E-state index contributed by atoms with van der Waals surface area (Å²) in [5, 5.41) is 0. The highest BCUT2D eigenvalue weighted by molar-refractivity contribution is 7.12. The fraction of sp³-hybridized carbons (Fsp3) is 0.692. The van der Waals surface area contributed by atoms with Crippen molar-refractivity contribution in [3.8, 4) is 0 Å². The van der Waals surface area contributed by atoms with Crippen LogP contribution in [0.1, 0.15) is 28.2 Å².